The Bertz CT molecular complexity index is 346. The first kappa shape index (κ1) is 15.6. The summed E-state index contributed by atoms with van der Waals surface area (Å²) in [7, 11) is 0. The summed E-state index contributed by atoms with van der Waals surface area (Å²) in [6.07, 6.45) is -5.78. The number of rotatable bonds is 3. The van der Waals surface area contributed by atoms with Gasteiger partial charge in [-0.15, -0.1) is 0 Å². The van der Waals surface area contributed by atoms with Crippen LogP contribution in [0.2, 0.25) is 0 Å². The molecule has 0 radical (unpaired) electrons. The number of carbonyl (C=O) groups is 1. The van der Waals surface area contributed by atoms with Gasteiger partial charge in [0.15, 0.2) is 0 Å². The van der Waals surface area contributed by atoms with Crippen molar-refractivity contribution < 1.29 is 22.7 Å². The summed E-state index contributed by atoms with van der Waals surface area (Å²) in [4.78, 5) is 16.0. The standard InChI is InChI=1S/C13H21F3N2O2/c1-9(2)17-5-10-7-20-8-11(6-17)18(10)12(19)3-4-13(14,15)16/h9-11H,3-8H2,1-2H3. The number of carbonyl (C=O) groups excluding carboxylic acids is 1. The molecule has 0 aromatic rings. The Labute approximate surface area is 116 Å². The summed E-state index contributed by atoms with van der Waals surface area (Å²) >= 11 is 0. The average Bonchev–Trinajstić information content (AvgIpc) is 2.33. The molecule has 2 aliphatic heterocycles. The lowest BCUT2D eigenvalue weighted by molar-refractivity contribution is -0.165. The zero-order valence-corrected chi connectivity index (χ0v) is 11.8. The minimum absolute atomic E-state index is 0.120. The molecule has 0 N–H and O–H groups in total. The molecule has 0 aromatic carbocycles. The number of piperazine rings is 1. The molecule has 2 atom stereocenters. The monoisotopic (exact) mass is 294 g/mol. The second kappa shape index (κ2) is 5.89. The molecule has 0 spiro atoms. The number of amides is 1. The van der Waals surface area contributed by atoms with Crippen LogP contribution in [0.5, 0.6) is 0 Å². The molecule has 4 nitrogen and oxygen atoms in total. The van der Waals surface area contributed by atoms with Crippen LogP contribution in [-0.4, -0.2) is 66.3 Å². The molecule has 2 heterocycles. The number of ether oxygens (including phenoxy) is 1. The Kier molecular flexibility index (Phi) is 4.59. The topological polar surface area (TPSA) is 32.8 Å². The van der Waals surface area contributed by atoms with Gasteiger partial charge in [0.05, 0.1) is 31.7 Å². The van der Waals surface area contributed by atoms with Crippen LogP contribution in [0.15, 0.2) is 0 Å². The summed E-state index contributed by atoms with van der Waals surface area (Å²) in [5.74, 6) is -0.399. The summed E-state index contributed by atoms with van der Waals surface area (Å²) in [6, 6.07) is 0.127. The fourth-order valence-electron chi connectivity index (χ4n) is 2.90. The summed E-state index contributed by atoms with van der Waals surface area (Å²) < 4.78 is 42.2. The van der Waals surface area contributed by atoms with Crippen molar-refractivity contribution in [1.82, 2.24) is 9.80 Å². The van der Waals surface area contributed by atoms with Crippen LogP contribution in [0.3, 0.4) is 0 Å². The number of hydrogen-bond donors (Lipinski definition) is 0. The van der Waals surface area contributed by atoms with Crippen molar-refractivity contribution in [2.24, 2.45) is 0 Å². The molecule has 2 rings (SSSR count). The van der Waals surface area contributed by atoms with Gasteiger partial charge >= 0.3 is 6.18 Å². The van der Waals surface area contributed by atoms with E-state index in [0.717, 1.165) is 0 Å². The van der Waals surface area contributed by atoms with Crippen molar-refractivity contribution in [2.75, 3.05) is 26.3 Å². The maximum atomic E-state index is 12.2. The van der Waals surface area contributed by atoms with E-state index in [9.17, 15) is 18.0 Å². The normalized spacial score (nSPS) is 28.0. The lowest BCUT2D eigenvalue weighted by atomic mass is 10.0. The quantitative estimate of drug-likeness (QED) is 0.793. The molecule has 7 heteroatoms. The van der Waals surface area contributed by atoms with Gasteiger partial charge in [0.2, 0.25) is 5.91 Å². The van der Waals surface area contributed by atoms with Gasteiger partial charge in [0, 0.05) is 25.6 Å². The predicted octanol–water partition coefficient (Wildman–Crippen LogP) is 1.65. The first-order chi connectivity index (χ1) is 9.28. The smallest absolute Gasteiger partial charge is 0.377 e. The summed E-state index contributed by atoms with van der Waals surface area (Å²) in [5, 5.41) is 0. The molecular weight excluding hydrogens is 273 g/mol. The third-order valence-electron chi connectivity index (χ3n) is 3.94. The van der Waals surface area contributed by atoms with Gasteiger partial charge < -0.3 is 9.64 Å². The van der Waals surface area contributed by atoms with E-state index < -0.39 is 24.9 Å². The molecule has 2 bridgehead atoms. The van der Waals surface area contributed by atoms with Gasteiger partial charge in [-0.2, -0.15) is 13.2 Å². The summed E-state index contributed by atoms with van der Waals surface area (Å²) in [5.41, 5.74) is 0. The third-order valence-corrected chi connectivity index (χ3v) is 3.94. The summed E-state index contributed by atoms with van der Waals surface area (Å²) in [6.45, 7) is 6.34. The van der Waals surface area contributed by atoms with Crippen LogP contribution in [0.1, 0.15) is 26.7 Å². The van der Waals surface area contributed by atoms with Gasteiger partial charge in [-0.1, -0.05) is 0 Å². The second-order valence-electron chi connectivity index (χ2n) is 5.81. The van der Waals surface area contributed by atoms with Gasteiger partial charge in [-0.3, -0.25) is 9.69 Å². The molecule has 2 saturated heterocycles. The van der Waals surface area contributed by atoms with Crippen molar-refractivity contribution >= 4 is 5.91 Å². The van der Waals surface area contributed by atoms with Crippen molar-refractivity contribution in [3.63, 3.8) is 0 Å². The minimum atomic E-state index is -4.28. The maximum absolute atomic E-state index is 12.2. The number of nitrogens with zero attached hydrogens (tertiary/aromatic N) is 2. The van der Waals surface area contributed by atoms with E-state index in [1.807, 2.05) is 0 Å². The number of alkyl halides is 3. The van der Waals surface area contributed by atoms with E-state index in [2.05, 4.69) is 18.7 Å². The van der Waals surface area contributed by atoms with Crippen molar-refractivity contribution in [1.29, 1.82) is 0 Å². The number of morpholine rings is 1. The van der Waals surface area contributed by atoms with E-state index in [1.54, 1.807) is 4.90 Å². The molecule has 116 valence electrons. The highest BCUT2D eigenvalue weighted by molar-refractivity contribution is 5.77. The fourth-order valence-corrected chi connectivity index (χ4v) is 2.90. The number of fused-ring (bicyclic) bond motifs is 2. The van der Waals surface area contributed by atoms with E-state index in [-0.39, 0.29) is 12.1 Å². The molecule has 2 aliphatic rings. The number of halogens is 3. The lowest BCUT2D eigenvalue weighted by Crippen LogP contribution is -2.67. The van der Waals surface area contributed by atoms with Gasteiger partial charge in [0.1, 0.15) is 0 Å². The first-order valence-corrected chi connectivity index (χ1v) is 6.97. The van der Waals surface area contributed by atoms with Gasteiger partial charge in [-0.25, -0.2) is 0 Å². The molecule has 2 unspecified atom stereocenters. The van der Waals surface area contributed by atoms with Gasteiger partial charge in [0.25, 0.3) is 0 Å². The molecule has 1 amide bonds. The minimum Gasteiger partial charge on any atom is -0.377 e. The van der Waals surface area contributed by atoms with Crippen molar-refractivity contribution in [2.45, 2.75) is 51.0 Å². The predicted molar refractivity (Wildman–Crippen MR) is 67.2 cm³/mol. The molecule has 0 saturated carbocycles. The van der Waals surface area contributed by atoms with E-state index in [0.29, 0.717) is 32.3 Å². The Hall–Kier alpha value is -0.820. The van der Waals surface area contributed by atoms with E-state index >= 15 is 0 Å². The van der Waals surface area contributed by atoms with Crippen LogP contribution < -0.4 is 0 Å². The number of hydrogen-bond acceptors (Lipinski definition) is 3. The molecule has 0 aromatic heterocycles. The molecule has 20 heavy (non-hydrogen) atoms. The van der Waals surface area contributed by atoms with Crippen molar-refractivity contribution in [3.8, 4) is 0 Å². The maximum Gasteiger partial charge on any atom is 0.389 e. The van der Waals surface area contributed by atoms with Crippen LogP contribution in [0.25, 0.3) is 0 Å². The Morgan fingerprint density at radius 1 is 1.25 bits per heavy atom. The Balaban J connectivity index is 1.99. The van der Waals surface area contributed by atoms with E-state index in [4.69, 9.17) is 4.74 Å². The lowest BCUT2D eigenvalue weighted by Gasteiger charge is -2.51. The zero-order chi connectivity index (χ0) is 14.9. The first-order valence-electron chi connectivity index (χ1n) is 6.97. The Morgan fingerprint density at radius 3 is 2.25 bits per heavy atom. The molecule has 2 fully saturated rings. The highest BCUT2D eigenvalue weighted by Crippen LogP contribution is 2.26. The largest absolute Gasteiger partial charge is 0.389 e. The van der Waals surface area contributed by atoms with Crippen molar-refractivity contribution in [3.05, 3.63) is 0 Å². The van der Waals surface area contributed by atoms with Crippen LogP contribution in [0.4, 0.5) is 13.2 Å². The third kappa shape index (κ3) is 3.63. The fraction of sp³-hybridized carbons (Fsp3) is 0.923. The molecular formula is C13H21F3N2O2. The Morgan fingerprint density at radius 2 is 1.80 bits per heavy atom. The van der Waals surface area contributed by atoms with Crippen LogP contribution >= 0.6 is 0 Å². The van der Waals surface area contributed by atoms with Crippen LogP contribution in [0, 0.1) is 0 Å². The SMILES string of the molecule is CC(C)N1CC2COCC(C1)N2C(=O)CCC(F)(F)F. The average molecular weight is 294 g/mol. The van der Waals surface area contributed by atoms with Gasteiger partial charge in [-0.05, 0) is 13.8 Å². The highest BCUT2D eigenvalue weighted by Gasteiger charge is 2.42. The van der Waals surface area contributed by atoms with E-state index in [1.165, 1.54) is 0 Å². The molecule has 0 aliphatic carbocycles. The zero-order valence-electron chi connectivity index (χ0n) is 11.8. The highest BCUT2D eigenvalue weighted by atomic mass is 19.4. The second-order valence-corrected chi connectivity index (χ2v) is 5.81. The van der Waals surface area contributed by atoms with Crippen LogP contribution in [-0.2, 0) is 9.53 Å².